The van der Waals surface area contributed by atoms with E-state index in [0.29, 0.717) is 5.88 Å². The van der Waals surface area contributed by atoms with Gasteiger partial charge < -0.3 is 4.57 Å². The smallest absolute Gasteiger partial charge is 0.111 e. The van der Waals surface area contributed by atoms with Gasteiger partial charge in [0.1, 0.15) is 11.3 Å². The van der Waals surface area contributed by atoms with Gasteiger partial charge in [-0.25, -0.2) is 4.98 Å². The third-order valence-electron chi connectivity index (χ3n) is 3.31. The quantitative estimate of drug-likeness (QED) is 0.781. The summed E-state index contributed by atoms with van der Waals surface area (Å²) in [7, 11) is 0. The number of alkyl halides is 1. The highest BCUT2D eigenvalue weighted by molar-refractivity contribution is 6.17. The average Bonchev–Trinajstić information content (AvgIpc) is 2.68. The minimum absolute atomic E-state index is 0.0531. The summed E-state index contributed by atoms with van der Waals surface area (Å²) in [6, 6.07) is 2.03. The van der Waals surface area contributed by atoms with Crippen LogP contribution in [-0.2, 0) is 12.0 Å². The number of hydrogen-bond donors (Lipinski definition) is 0. The van der Waals surface area contributed by atoms with E-state index < -0.39 is 0 Å². The van der Waals surface area contributed by atoms with Crippen molar-refractivity contribution in [2.24, 2.45) is 0 Å². The summed E-state index contributed by atoms with van der Waals surface area (Å²) >= 11 is 5.86. The summed E-state index contributed by atoms with van der Waals surface area (Å²) in [5.41, 5.74) is 2.15. The fourth-order valence-electron chi connectivity index (χ4n) is 2.07. The Balaban J connectivity index is 2.68. The zero-order valence-electron chi connectivity index (χ0n) is 10.6. The Morgan fingerprint density at radius 3 is 2.82 bits per heavy atom. The molecule has 17 heavy (non-hydrogen) atoms. The molecule has 2 heterocycles. The Morgan fingerprint density at radius 1 is 1.41 bits per heavy atom. The molecule has 0 aliphatic carbocycles. The maximum Gasteiger partial charge on any atom is 0.111 e. The number of halogens is 1. The van der Waals surface area contributed by atoms with E-state index in [1.165, 1.54) is 0 Å². The first-order valence-electron chi connectivity index (χ1n) is 5.98. The molecule has 2 rings (SSSR count). The lowest BCUT2D eigenvalue weighted by atomic mass is 10.0. The monoisotopic (exact) mass is 251 g/mol. The number of aromatic nitrogens is 3. The van der Waals surface area contributed by atoms with Crippen LogP contribution in [0.2, 0.25) is 0 Å². The third kappa shape index (κ3) is 2.16. The lowest BCUT2D eigenvalue weighted by molar-refractivity contribution is 0.342. The Kier molecular flexibility index (Phi) is 3.38. The first kappa shape index (κ1) is 12.4. The average molecular weight is 252 g/mol. The van der Waals surface area contributed by atoms with Crippen molar-refractivity contribution in [2.75, 3.05) is 5.88 Å². The molecule has 3 nitrogen and oxygen atoms in total. The Labute approximate surface area is 107 Å². The SMILES string of the molecule is CCC(C)(C)n1c(CCCl)nc2cnccc21. The molecule has 0 saturated heterocycles. The normalized spacial score (nSPS) is 12.2. The van der Waals surface area contributed by atoms with Crippen molar-refractivity contribution in [1.82, 2.24) is 14.5 Å². The van der Waals surface area contributed by atoms with Gasteiger partial charge in [-0.3, -0.25) is 4.98 Å². The number of nitrogens with zero attached hydrogens (tertiary/aromatic N) is 3. The minimum Gasteiger partial charge on any atom is -0.322 e. The fourth-order valence-corrected chi connectivity index (χ4v) is 2.24. The van der Waals surface area contributed by atoms with Crippen molar-refractivity contribution in [3.8, 4) is 0 Å². The van der Waals surface area contributed by atoms with Gasteiger partial charge in [-0.15, -0.1) is 11.6 Å². The second-order valence-corrected chi connectivity index (χ2v) is 5.21. The first-order chi connectivity index (χ1) is 8.10. The zero-order chi connectivity index (χ0) is 12.5. The number of aryl methyl sites for hydroxylation is 1. The van der Waals surface area contributed by atoms with Crippen LogP contribution in [0.25, 0.3) is 11.0 Å². The first-order valence-corrected chi connectivity index (χ1v) is 6.51. The molecule has 0 spiro atoms. The van der Waals surface area contributed by atoms with Crippen molar-refractivity contribution in [1.29, 1.82) is 0 Å². The summed E-state index contributed by atoms with van der Waals surface area (Å²) in [5, 5.41) is 0. The van der Waals surface area contributed by atoms with Gasteiger partial charge in [0.2, 0.25) is 0 Å². The molecule has 0 aliphatic heterocycles. The van der Waals surface area contributed by atoms with Crippen LogP contribution in [0.3, 0.4) is 0 Å². The number of pyridine rings is 1. The van der Waals surface area contributed by atoms with Crippen molar-refractivity contribution >= 4 is 22.6 Å². The van der Waals surface area contributed by atoms with Gasteiger partial charge in [-0.2, -0.15) is 0 Å². The lowest BCUT2D eigenvalue weighted by Crippen LogP contribution is -2.27. The second kappa shape index (κ2) is 4.65. The maximum absolute atomic E-state index is 5.86. The van der Waals surface area contributed by atoms with Gasteiger partial charge in [0.25, 0.3) is 0 Å². The summed E-state index contributed by atoms with van der Waals surface area (Å²) in [5.74, 6) is 1.64. The number of rotatable bonds is 4. The van der Waals surface area contributed by atoms with Gasteiger partial charge >= 0.3 is 0 Å². The molecule has 0 fully saturated rings. The molecule has 0 aliphatic rings. The predicted molar refractivity (Wildman–Crippen MR) is 71.6 cm³/mol. The van der Waals surface area contributed by atoms with Crippen LogP contribution in [0.4, 0.5) is 0 Å². The van der Waals surface area contributed by atoms with Crippen LogP contribution in [0.15, 0.2) is 18.5 Å². The summed E-state index contributed by atoms with van der Waals surface area (Å²) in [6.07, 6.45) is 5.47. The van der Waals surface area contributed by atoms with E-state index in [1.54, 1.807) is 0 Å². The largest absolute Gasteiger partial charge is 0.322 e. The van der Waals surface area contributed by atoms with E-state index in [-0.39, 0.29) is 5.54 Å². The zero-order valence-corrected chi connectivity index (χ0v) is 11.3. The molecule has 0 atom stereocenters. The molecule has 0 N–H and O–H groups in total. The highest BCUT2D eigenvalue weighted by atomic mass is 35.5. The molecular formula is C13H18ClN3. The molecule has 2 aromatic rings. The molecule has 0 bridgehead atoms. The maximum atomic E-state index is 5.86. The molecule has 0 aromatic carbocycles. The van der Waals surface area contributed by atoms with Gasteiger partial charge in [0.15, 0.2) is 0 Å². The van der Waals surface area contributed by atoms with Gasteiger partial charge in [-0.1, -0.05) is 6.92 Å². The highest BCUT2D eigenvalue weighted by Crippen LogP contribution is 2.27. The summed E-state index contributed by atoms with van der Waals surface area (Å²) in [6.45, 7) is 6.65. The number of imidazole rings is 1. The lowest BCUT2D eigenvalue weighted by Gasteiger charge is -2.28. The van der Waals surface area contributed by atoms with E-state index in [0.717, 1.165) is 29.7 Å². The van der Waals surface area contributed by atoms with Crippen LogP contribution >= 0.6 is 11.6 Å². The standard InChI is InChI=1S/C13H18ClN3/c1-4-13(2,3)17-11-6-8-15-9-10(11)16-12(17)5-7-14/h6,8-9H,4-5,7H2,1-3H3. The molecular weight excluding hydrogens is 234 g/mol. The Bertz CT molecular complexity index is 516. The molecule has 4 heteroatoms. The molecule has 2 aromatic heterocycles. The van der Waals surface area contributed by atoms with E-state index in [9.17, 15) is 0 Å². The number of hydrogen-bond acceptors (Lipinski definition) is 2. The van der Waals surface area contributed by atoms with Crippen molar-refractivity contribution < 1.29 is 0 Å². The van der Waals surface area contributed by atoms with Crippen LogP contribution < -0.4 is 0 Å². The minimum atomic E-state index is 0.0531. The van der Waals surface area contributed by atoms with Gasteiger partial charge in [0.05, 0.1) is 11.7 Å². The fraction of sp³-hybridized carbons (Fsp3) is 0.538. The number of fused-ring (bicyclic) bond motifs is 1. The van der Waals surface area contributed by atoms with Crippen LogP contribution in [0.1, 0.15) is 33.0 Å². The van der Waals surface area contributed by atoms with Gasteiger partial charge in [-0.05, 0) is 26.3 Å². The Morgan fingerprint density at radius 2 is 2.18 bits per heavy atom. The molecule has 0 unspecified atom stereocenters. The summed E-state index contributed by atoms with van der Waals surface area (Å²) in [4.78, 5) is 8.76. The Hall–Kier alpha value is -1.09. The summed E-state index contributed by atoms with van der Waals surface area (Å²) < 4.78 is 2.30. The highest BCUT2D eigenvalue weighted by Gasteiger charge is 2.23. The van der Waals surface area contributed by atoms with Crippen LogP contribution in [0, 0.1) is 0 Å². The third-order valence-corrected chi connectivity index (χ3v) is 3.50. The van der Waals surface area contributed by atoms with E-state index in [4.69, 9.17) is 11.6 Å². The topological polar surface area (TPSA) is 30.7 Å². The van der Waals surface area contributed by atoms with Crippen molar-refractivity contribution in [2.45, 2.75) is 39.2 Å². The van der Waals surface area contributed by atoms with E-state index in [1.807, 2.05) is 18.5 Å². The molecule has 0 saturated carbocycles. The van der Waals surface area contributed by atoms with E-state index in [2.05, 4.69) is 35.3 Å². The predicted octanol–water partition coefficient (Wildman–Crippen LogP) is 3.36. The molecule has 92 valence electrons. The molecule has 0 radical (unpaired) electrons. The van der Waals surface area contributed by atoms with Crippen LogP contribution in [0.5, 0.6) is 0 Å². The van der Waals surface area contributed by atoms with Crippen molar-refractivity contribution in [3.05, 3.63) is 24.3 Å². The van der Waals surface area contributed by atoms with Gasteiger partial charge in [0, 0.05) is 24.0 Å². The van der Waals surface area contributed by atoms with Crippen molar-refractivity contribution in [3.63, 3.8) is 0 Å². The van der Waals surface area contributed by atoms with E-state index >= 15 is 0 Å². The van der Waals surface area contributed by atoms with Crippen LogP contribution in [-0.4, -0.2) is 20.4 Å². The molecule has 0 amide bonds. The second-order valence-electron chi connectivity index (χ2n) is 4.83.